The lowest BCUT2D eigenvalue weighted by Crippen LogP contribution is -2.18. The number of nitrogens with zero attached hydrogens (tertiary/aromatic N) is 1. The molecule has 1 amide bonds. The Bertz CT molecular complexity index is 506. The lowest BCUT2D eigenvalue weighted by atomic mass is 9.97. The average Bonchev–Trinajstić information content (AvgIpc) is 3.03. The van der Waals surface area contributed by atoms with Gasteiger partial charge in [0.2, 0.25) is 5.91 Å². The zero-order valence-corrected chi connectivity index (χ0v) is 12.4. The molecule has 1 heterocycles. The first-order chi connectivity index (χ1) is 9.63. The van der Waals surface area contributed by atoms with E-state index in [4.69, 9.17) is 4.74 Å². The Morgan fingerprint density at radius 2 is 2.00 bits per heavy atom. The highest BCUT2D eigenvalue weighted by Gasteiger charge is 2.28. The van der Waals surface area contributed by atoms with E-state index in [9.17, 15) is 4.79 Å². The fourth-order valence-electron chi connectivity index (χ4n) is 3.27. The van der Waals surface area contributed by atoms with Crippen LogP contribution in [0.4, 0.5) is 0 Å². The van der Waals surface area contributed by atoms with Crippen LogP contribution in [0.3, 0.4) is 0 Å². The first kappa shape index (κ1) is 13.5. The molecule has 1 aromatic carbocycles. The molecule has 1 aromatic rings. The van der Waals surface area contributed by atoms with E-state index in [1.807, 2.05) is 11.9 Å². The van der Waals surface area contributed by atoms with Gasteiger partial charge >= 0.3 is 0 Å². The van der Waals surface area contributed by atoms with Crippen LogP contribution in [0.5, 0.6) is 5.75 Å². The van der Waals surface area contributed by atoms with E-state index in [1.54, 1.807) is 0 Å². The van der Waals surface area contributed by atoms with Crippen molar-refractivity contribution in [1.82, 2.24) is 4.90 Å². The summed E-state index contributed by atoms with van der Waals surface area (Å²) in [7, 11) is 1.88. The third kappa shape index (κ3) is 2.67. The molecule has 1 aliphatic carbocycles. The van der Waals surface area contributed by atoms with Crippen molar-refractivity contribution in [3.05, 3.63) is 29.3 Å². The first-order valence-electron chi connectivity index (χ1n) is 7.64. The molecule has 1 atom stereocenters. The van der Waals surface area contributed by atoms with Gasteiger partial charge < -0.3 is 9.64 Å². The summed E-state index contributed by atoms with van der Waals surface area (Å²) in [6.45, 7) is 2.92. The first-order valence-corrected chi connectivity index (χ1v) is 7.64. The zero-order chi connectivity index (χ0) is 14.1. The summed E-state index contributed by atoms with van der Waals surface area (Å²) in [6.07, 6.45) is 5.93. The summed E-state index contributed by atoms with van der Waals surface area (Å²) in [4.78, 5) is 13.5. The van der Waals surface area contributed by atoms with Crippen molar-refractivity contribution in [2.45, 2.75) is 51.0 Å². The summed E-state index contributed by atoms with van der Waals surface area (Å²) >= 11 is 0. The lowest BCUT2D eigenvalue weighted by Gasteiger charge is -2.18. The van der Waals surface area contributed by atoms with Crippen LogP contribution in [0.25, 0.3) is 0 Å². The molecule has 0 spiro atoms. The molecule has 1 saturated heterocycles. The van der Waals surface area contributed by atoms with Crippen LogP contribution in [-0.2, 0) is 4.79 Å². The molecule has 0 radical (unpaired) electrons. The number of carbonyl (C=O) groups excluding carboxylic acids is 1. The summed E-state index contributed by atoms with van der Waals surface area (Å²) in [5.74, 6) is 1.57. The second-order valence-corrected chi connectivity index (χ2v) is 6.22. The topological polar surface area (TPSA) is 29.5 Å². The summed E-state index contributed by atoms with van der Waals surface area (Å²) in [5.41, 5.74) is 2.43. The number of hydrogen-bond donors (Lipinski definition) is 0. The van der Waals surface area contributed by atoms with Crippen LogP contribution < -0.4 is 4.74 Å². The Labute approximate surface area is 120 Å². The van der Waals surface area contributed by atoms with Gasteiger partial charge in [0.25, 0.3) is 0 Å². The predicted octanol–water partition coefficient (Wildman–Crippen LogP) is 3.26. The molecule has 2 fully saturated rings. The molecule has 0 N–H and O–H groups in total. The van der Waals surface area contributed by atoms with Crippen molar-refractivity contribution in [2.75, 3.05) is 13.6 Å². The standard InChI is InChI=1S/C17H23NO2/c1-12-7-8-13(14-10-17(19)18(2)11-14)9-16(12)20-15-5-3-4-6-15/h7-9,14-15H,3-6,10-11H2,1-2H3. The second-order valence-electron chi connectivity index (χ2n) is 6.22. The molecule has 1 aliphatic heterocycles. The van der Waals surface area contributed by atoms with Gasteiger partial charge in [0, 0.05) is 25.9 Å². The van der Waals surface area contributed by atoms with E-state index >= 15 is 0 Å². The Morgan fingerprint density at radius 3 is 2.65 bits per heavy atom. The number of hydrogen-bond acceptors (Lipinski definition) is 2. The highest BCUT2D eigenvalue weighted by atomic mass is 16.5. The Kier molecular flexibility index (Phi) is 3.68. The van der Waals surface area contributed by atoms with Gasteiger partial charge in [-0.3, -0.25) is 4.79 Å². The summed E-state index contributed by atoms with van der Waals surface area (Å²) < 4.78 is 6.16. The highest BCUT2D eigenvalue weighted by Crippen LogP contribution is 2.32. The molecule has 3 rings (SSSR count). The van der Waals surface area contributed by atoms with E-state index < -0.39 is 0 Å². The Morgan fingerprint density at radius 1 is 1.25 bits per heavy atom. The van der Waals surface area contributed by atoms with Crippen LogP contribution in [-0.4, -0.2) is 30.5 Å². The minimum Gasteiger partial charge on any atom is -0.490 e. The van der Waals surface area contributed by atoms with E-state index in [1.165, 1.54) is 36.8 Å². The molecule has 108 valence electrons. The van der Waals surface area contributed by atoms with Gasteiger partial charge in [-0.15, -0.1) is 0 Å². The van der Waals surface area contributed by atoms with E-state index in [2.05, 4.69) is 25.1 Å². The number of likely N-dealkylation sites (N-methyl/N-ethyl adjacent to an activating group) is 1. The molecule has 3 nitrogen and oxygen atoms in total. The van der Waals surface area contributed by atoms with Gasteiger partial charge in [0.05, 0.1) is 6.10 Å². The zero-order valence-electron chi connectivity index (χ0n) is 12.4. The van der Waals surface area contributed by atoms with Crippen molar-refractivity contribution < 1.29 is 9.53 Å². The van der Waals surface area contributed by atoms with Gasteiger partial charge in [-0.1, -0.05) is 12.1 Å². The van der Waals surface area contributed by atoms with Gasteiger partial charge in [0.15, 0.2) is 0 Å². The van der Waals surface area contributed by atoms with Gasteiger partial charge in [-0.2, -0.15) is 0 Å². The maximum Gasteiger partial charge on any atom is 0.223 e. The average molecular weight is 273 g/mol. The SMILES string of the molecule is Cc1ccc(C2CC(=O)N(C)C2)cc1OC1CCCC1. The fourth-order valence-corrected chi connectivity index (χ4v) is 3.27. The Hall–Kier alpha value is -1.51. The number of benzene rings is 1. The van der Waals surface area contributed by atoms with Crippen LogP contribution in [0.1, 0.15) is 49.1 Å². The van der Waals surface area contributed by atoms with Gasteiger partial charge in [-0.05, 0) is 49.8 Å². The van der Waals surface area contributed by atoms with E-state index in [0.29, 0.717) is 18.4 Å². The van der Waals surface area contributed by atoms with E-state index in [0.717, 1.165) is 12.3 Å². The molecule has 20 heavy (non-hydrogen) atoms. The van der Waals surface area contributed by atoms with Gasteiger partial charge in [-0.25, -0.2) is 0 Å². The summed E-state index contributed by atoms with van der Waals surface area (Å²) in [5, 5.41) is 0. The molecular formula is C17H23NO2. The monoisotopic (exact) mass is 273 g/mol. The van der Waals surface area contributed by atoms with Crippen molar-refractivity contribution in [2.24, 2.45) is 0 Å². The molecule has 3 heteroatoms. The number of carbonyl (C=O) groups is 1. The number of likely N-dealkylation sites (tertiary alicyclic amines) is 1. The van der Waals surface area contributed by atoms with Crippen LogP contribution >= 0.6 is 0 Å². The number of amides is 1. The van der Waals surface area contributed by atoms with E-state index in [-0.39, 0.29) is 5.91 Å². The third-order valence-corrected chi connectivity index (χ3v) is 4.62. The molecule has 0 bridgehead atoms. The minimum atomic E-state index is 0.244. The van der Waals surface area contributed by atoms with Crippen molar-refractivity contribution in [3.63, 3.8) is 0 Å². The molecular weight excluding hydrogens is 250 g/mol. The summed E-state index contributed by atoms with van der Waals surface area (Å²) in [6, 6.07) is 6.43. The van der Waals surface area contributed by atoms with Crippen molar-refractivity contribution in [3.8, 4) is 5.75 Å². The largest absolute Gasteiger partial charge is 0.490 e. The highest BCUT2D eigenvalue weighted by molar-refractivity contribution is 5.79. The second kappa shape index (κ2) is 5.47. The van der Waals surface area contributed by atoms with Crippen LogP contribution in [0.2, 0.25) is 0 Å². The van der Waals surface area contributed by atoms with Gasteiger partial charge in [0.1, 0.15) is 5.75 Å². The fraction of sp³-hybridized carbons (Fsp3) is 0.588. The molecule has 1 unspecified atom stereocenters. The lowest BCUT2D eigenvalue weighted by molar-refractivity contribution is -0.126. The maximum atomic E-state index is 11.7. The number of aryl methyl sites for hydroxylation is 1. The maximum absolute atomic E-state index is 11.7. The third-order valence-electron chi connectivity index (χ3n) is 4.62. The smallest absolute Gasteiger partial charge is 0.223 e. The van der Waals surface area contributed by atoms with Crippen molar-refractivity contribution >= 4 is 5.91 Å². The number of rotatable bonds is 3. The molecule has 2 aliphatic rings. The molecule has 0 aromatic heterocycles. The molecule has 1 saturated carbocycles. The predicted molar refractivity (Wildman–Crippen MR) is 79.1 cm³/mol. The van der Waals surface area contributed by atoms with Crippen LogP contribution in [0, 0.1) is 6.92 Å². The number of ether oxygens (including phenoxy) is 1. The minimum absolute atomic E-state index is 0.244. The van der Waals surface area contributed by atoms with Crippen molar-refractivity contribution in [1.29, 1.82) is 0 Å². The normalized spacial score (nSPS) is 23.6. The Balaban J connectivity index is 1.77. The van der Waals surface area contributed by atoms with Crippen LogP contribution in [0.15, 0.2) is 18.2 Å². The quantitative estimate of drug-likeness (QED) is 0.846.